The molecule has 0 spiro atoms. The Morgan fingerprint density at radius 3 is 3.10 bits per heavy atom. The van der Waals surface area contributed by atoms with Gasteiger partial charge in [-0.1, -0.05) is 0 Å². The van der Waals surface area contributed by atoms with Gasteiger partial charge in [-0.05, 0) is 0 Å². The monoisotopic (exact) mass is 295 g/mol. The summed E-state index contributed by atoms with van der Waals surface area (Å²) in [5.74, 6) is -1.42. The van der Waals surface area contributed by atoms with Gasteiger partial charge in [-0.25, -0.2) is 9.78 Å². The summed E-state index contributed by atoms with van der Waals surface area (Å²) >= 11 is 1.48. The molecule has 1 unspecified atom stereocenters. The number of carbonyl (C=O) groups is 2. The highest BCUT2D eigenvalue weighted by atomic mass is 32.1. The summed E-state index contributed by atoms with van der Waals surface area (Å²) in [6.45, 7) is 0.346. The van der Waals surface area contributed by atoms with Crippen LogP contribution < -0.4 is 5.32 Å². The van der Waals surface area contributed by atoms with Crippen molar-refractivity contribution >= 4 is 28.2 Å². The van der Waals surface area contributed by atoms with E-state index in [2.05, 4.69) is 10.3 Å². The third-order valence-corrected chi connectivity index (χ3v) is 4.07. The van der Waals surface area contributed by atoms with Gasteiger partial charge in [-0.3, -0.25) is 9.20 Å². The standard InChI is InChI=1S/C12H13N3O4S/c16-9(14-12(10(17)18)1-3-19-7-12)5-8-6-15-2-4-20-11(15)13-8/h2,4,6H,1,3,5,7H2,(H,14,16)(H,17,18). The van der Waals surface area contributed by atoms with Crippen molar-refractivity contribution in [2.45, 2.75) is 18.4 Å². The van der Waals surface area contributed by atoms with Crippen LogP contribution in [0.2, 0.25) is 0 Å². The lowest BCUT2D eigenvalue weighted by atomic mass is 9.99. The summed E-state index contributed by atoms with van der Waals surface area (Å²) in [5, 5.41) is 13.7. The summed E-state index contributed by atoms with van der Waals surface area (Å²) in [5.41, 5.74) is -0.678. The van der Waals surface area contributed by atoms with Crippen LogP contribution in [0.3, 0.4) is 0 Å². The van der Waals surface area contributed by atoms with Crippen LogP contribution in [0.1, 0.15) is 12.1 Å². The zero-order valence-corrected chi connectivity index (χ0v) is 11.4. The molecule has 7 nitrogen and oxygen atoms in total. The van der Waals surface area contributed by atoms with Crippen molar-refractivity contribution in [2.24, 2.45) is 0 Å². The molecule has 20 heavy (non-hydrogen) atoms. The molecule has 0 bridgehead atoms. The summed E-state index contributed by atoms with van der Waals surface area (Å²) < 4.78 is 6.93. The number of fused-ring (bicyclic) bond motifs is 1. The SMILES string of the molecule is O=C(Cc1cn2ccsc2n1)NC1(C(=O)O)CCOC1. The van der Waals surface area contributed by atoms with E-state index in [4.69, 9.17) is 4.74 Å². The van der Waals surface area contributed by atoms with E-state index < -0.39 is 11.5 Å². The maximum absolute atomic E-state index is 12.0. The van der Waals surface area contributed by atoms with E-state index >= 15 is 0 Å². The Bertz CT molecular complexity index is 628. The quantitative estimate of drug-likeness (QED) is 0.846. The van der Waals surface area contributed by atoms with Gasteiger partial charge in [0.2, 0.25) is 5.91 Å². The van der Waals surface area contributed by atoms with Gasteiger partial charge in [-0.15, -0.1) is 11.3 Å². The third-order valence-electron chi connectivity index (χ3n) is 3.29. The van der Waals surface area contributed by atoms with E-state index in [9.17, 15) is 14.7 Å². The Kier molecular flexibility index (Phi) is 3.19. The molecule has 0 aromatic carbocycles. The van der Waals surface area contributed by atoms with Gasteiger partial charge < -0.3 is 15.2 Å². The molecule has 0 aliphatic carbocycles. The molecule has 0 saturated carbocycles. The number of amides is 1. The van der Waals surface area contributed by atoms with Crippen molar-refractivity contribution in [2.75, 3.05) is 13.2 Å². The van der Waals surface area contributed by atoms with E-state index in [1.54, 1.807) is 6.20 Å². The van der Waals surface area contributed by atoms with Gasteiger partial charge in [0.05, 0.1) is 18.7 Å². The molecule has 3 rings (SSSR count). The minimum Gasteiger partial charge on any atom is -0.479 e. The van der Waals surface area contributed by atoms with E-state index in [-0.39, 0.29) is 25.4 Å². The Labute approximate surface area is 118 Å². The first kappa shape index (κ1) is 13.1. The number of aliphatic carboxylic acids is 1. The molecule has 2 N–H and O–H groups in total. The van der Waals surface area contributed by atoms with Crippen molar-refractivity contribution in [3.05, 3.63) is 23.5 Å². The Hall–Kier alpha value is -1.93. The highest BCUT2D eigenvalue weighted by Crippen LogP contribution is 2.19. The average Bonchev–Trinajstić information content (AvgIpc) is 3.04. The van der Waals surface area contributed by atoms with Crippen LogP contribution in [0.15, 0.2) is 17.8 Å². The van der Waals surface area contributed by atoms with Crippen LogP contribution in [0, 0.1) is 0 Å². The molecule has 106 valence electrons. The minimum absolute atomic E-state index is 0.00630. The number of carboxylic acid groups (broad SMARTS) is 1. The Morgan fingerprint density at radius 2 is 2.45 bits per heavy atom. The van der Waals surface area contributed by atoms with E-state index in [1.165, 1.54) is 11.3 Å². The molecule has 1 aliphatic heterocycles. The predicted octanol–water partition coefficient (Wildman–Crippen LogP) is 0.298. The molecule has 1 atom stereocenters. The number of aromatic nitrogens is 2. The van der Waals surface area contributed by atoms with Crippen LogP contribution >= 0.6 is 11.3 Å². The van der Waals surface area contributed by atoms with Crippen LogP contribution in [0.4, 0.5) is 0 Å². The van der Waals surface area contributed by atoms with E-state index in [1.807, 2.05) is 16.0 Å². The Balaban J connectivity index is 1.70. The molecule has 1 fully saturated rings. The fourth-order valence-electron chi connectivity index (χ4n) is 2.22. The maximum atomic E-state index is 12.0. The molecule has 8 heteroatoms. The Morgan fingerprint density at radius 1 is 1.60 bits per heavy atom. The normalized spacial score (nSPS) is 22.2. The molecule has 1 saturated heterocycles. The van der Waals surface area contributed by atoms with Gasteiger partial charge in [0.25, 0.3) is 0 Å². The minimum atomic E-state index is -1.30. The molecule has 2 aromatic heterocycles. The molecular formula is C12H13N3O4S. The third kappa shape index (κ3) is 2.27. The highest BCUT2D eigenvalue weighted by molar-refractivity contribution is 7.15. The molecule has 2 aromatic rings. The molecule has 1 amide bonds. The van der Waals surface area contributed by atoms with E-state index in [0.717, 1.165) is 4.96 Å². The first-order valence-electron chi connectivity index (χ1n) is 6.12. The number of carbonyl (C=O) groups excluding carboxylic acids is 1. The highest BCUT2D eigenvalue weighted by Gasteiger charge is 2.43. The second-order valence-corrected chi connectivity index (χ2v) is 5.61. The lowest BCUT2D eigenvalue weighted by Gasteiger charge is -2.23. The van der Waals surface area contributed by atoms with Gasteiger partial charge in [0, 0.05) is 30.8 Å². The van der Waals surface area contributed by atoms with Crippen LogP contribution in [-0.2, 0) is 20.7 Å². The second-order valence-electron chi connectivity index (χ2n) is 4.74. The fraction of sp³-hybridized carbons (Fsp3) is 0.417. The molecule has 3 heterocycles. The van der Waals surface area contributed by atoms with Gasteiger partial charge in [0.1, 0.15) is 0 Å². The number of nitrogens with zero attached hydrogens (tertiary/aromatic N) is 2. The second kappa shape index (κ2) is 4.88. The maximum Gasteiger partial charge on any atom is 0.331 e. The molecule has 0 radical (unpaired) electrons. The number of carboxylic acids is 1. The lowest BCUT2D eigenvalue weighted by Crippen LogP contribution is -2.55. The largest absolute Gasteiger partial charge is 0.479 e. The summed E-state index contributed by atoms with van der Waals surface area (Å²) in [4.78, 5) is 28.4. The number of imidazole rings is 1. The van der Waals surface area contributed by atoms with Crippen molar-refractivity contribution < 1.29 is 19.4 Å². The lowest BCUT2D eigenvalue weighted by molar-refractivity contribution is -0.147. The molecular weight excluding hydrogens is 282 g/mol. The van der Waals surface area contributed by atoms with Gasteiger partial charge in [-0.2, -0.15) is 0 Å². The smallest absolute Gasteiger partial charge is 0.331 e. The number of hydrogen-bond donors (Lipinski definition) is 2. The van der Waals surface area contributed by atoms with Crippen molar-refractivity contribution in [3.8, 4) is 0 Å². The van der Waals surface area contributed by atoms with Crippen LogP contribution in [-0.4, -0.2) is 45.1 Å². The zero-order chi connectivity index (χ0) is 14.2. The fourth-order valence-corrected chi connectivity index (χ4v) is 2.94. The van der Waals surface area contributed by atoms with Crippen LogP contribution in [0.5, 0.6) is 0 Å². The average molecular weight is 295 g/mol. The number of nitrogens with one attached hydrogen (secondary N) is 1. The van der Waals surface area contributed by atoms with E-state index in [0.29, 0.717) is 12.3 Å². The number of thiazole rings is 1. The van der Waals surface area contributed by atoms with Gasteiger partial charge in [0.15, 0.2) is 10.5 Å². The van der Waals surface area contributed by atoms with Crippen molar-refractivity contribution in [3.63, 3.8) is 0 Å². The number of rotatable bonds is 4. The zero-order valence-electron chi connectivity index (χ0n) is 10.5. The van der Waals surface area contributed by atoms with Crippen molar-refractivity contribution in [1.82, 2.24) is 14.7 Å². The first-order valence-corrected chi connectivity index (χ1v) is 7.00. The molecule has 1 aliphatic rings. The topological polar surface area (TPSA) is 92.9 Å². The summed E-state index contributed by atoms with van der Waals surface area (Å²) in [6.07, 6.45) is 3.97. The van der Waals surface area contributed by atoms with Crippen LogP contribution in [0.25, 0.3) is 4.96 Å². The summed E-state index contributed by atoms with van der Waals surface area (Å²) in [7, 11) is 0. The van der Waals surface area contributed by atoms with Gasteiger partial charge >= 0.3 is 5.97 Å². The predicted molar refractivity (Wildman–Crippen MR) is 70.7 cm³/mol. The van der Waals surface area contributed by atoms with Crippen molar-refractivity contribution in [1.29, 1.82) is 0 Å². The summed E-state index contributed by atoms with van der Waals surface area (Å²) in [6, 6.07) is 0. The number of ether oxygens (including phenoxy) is 1. The number of hydrogen-bond acceptors (Lipinski definition) is 5. The first-order chi connectivity index (χ1) is 9.59.